The smallest absolute Gasteiger partial charge is 0.512 e. The van der Waals surface area contributed by atoms with Crippen LogP contribution in [0.2, 0.25) is 20.1 Å². The van der Waals surface area contributed by atoms with Crippen LogP contribution in [0.25, 0.3) is 22.1 Å². The maximum absolute atomic E-state index is 12.1. The summed E-state index contributed by atoms with van der Waals surface area (Å²) in [7, 11) is 3.27. The van der Waals surface area contributed by atoms with Gasteiger partial charge in [-0.3, -0.25) is 28.9 Å². The Labute approximate surface area is 310 Å². The second-order valence-corrected chi connectivity index (χ2v) is 11.8. The molecule has 0 aliphatic rings. The summed E-state index contributed by atoms with van der Waals surface area (Å²) in [5, 5.41) is 31.3. The van der Waals surface area contributed by atoms with Gasteiger partial charge in [-0.1, -0.05) is 58.5 Å². The summed E-state index contributed by atoms with van der Waals surface area (Å²) in [6, 6.07) is 12.5. The minimum Gasteiger partial charge on any atom is -0.512 e. The fourth-order valence-corrected chi connectivity index (χ4v) is 5.39. The fraction of sp³-hybridized carbons (Fsp3) is 0.143. The van der Waals surface area contributed by atoms with E-state index in [2.05, 4.69) is 56.7 Å². The van der Waals surface area contributed by atoms with E-state index in [4.69, 9.17) is 63.5 Å². The van der Waals surface area contributed by atoms with Gasteiger partial charge >= 0.3 is 17.1 Å². The van der Waals surface area contributed by atoms with Gasteiger partial charge in [0.15, 0.2) is 21.3 Å². The van der Waals surface area contributed by atoms with E-state index in [-0.39, 0.29) is 50.9 Å². The van der Waals surface area contributed by atoms with Gasteiger partial charge in [0.05, 0.1) is 20.1 Å². The molecule has 0 atom stereocenters. The summed E-state index contributed by atoms with van der Waals surface area (Å²) < 4.78 is 3.34. The molecule has 0 spiro atoms. The SMILES string of the molecule is Cn1nc(Br)c2nc(NCc3ccc(Cl)c(Cl)c3)[nH]c(=O)c21.Cn1nc(C#N)c2nc(NCc3ccc(Cl)c(Cl)c3)[nH]c(=O)c21.[C-]#N.[Cu+]. The maximum Gasteiger partial charge on any atom is 1.00 e. The maximum atomic E-state index is 12.1. The van der Waals surface area contributed by atoms with E-state index < -0.39 is 0 Å². The summed E-state index contributed by atoms with van der Waals surface area (Å²) >= 11 is 27.0. The Kier molecular flexibility index (Phi) is 13.4. The largest absolute Gasteiger partial charge is 1.00 e. The number of aryl methyl sites for hydroxylation is 2. The molecule has 0 aliphatic heterocycles. The third kappa shape index (κ3) is 8.66. The predicted molar refractivity (Wildman–Crippen MR) is 183 cm³/mol. The third-order valence-corrected chi connectivity index (χ3v) is 8.35. The molecule has 0 saturated heterocycles. The monoisotopic (exact) mass is 838 g/mol. The number of fused-ring (bicyclic) bond motifs is 2. The van der Waals surface area contributed by atoms with Gasteiger partial charge in [0.2, 0.25) is 11.9 Å². The number of H-pyrrole nitrogens is 2. The van der Waals surface area contributed by atoms with Crippen molar-refractivity contribution >= 4 is 96.3 Å². The molecule has 4 aromatic heterocycles. The van der Waals surface area contributed by atoms with E-state index in [0.29, 0.717) is 54.8 Å². The van der Waals surface area contributed by atoms with E-state index >= 15 is 0 Å². The molecule has 2 aromatic carbocycles. The normalized spacial score (nSPS) is 10.2. The summed E-state index contributed by atoms with van der Waals surface area (Å²) in [6.07, 6.45) is 0. The van der Waals surface area contributed by atoms with Crippen molar-refractivity contribution in [3.63, 3.8) is 0 Å². The second kappa shape index (κ2) is 16.8. The zero-order chi connectivity index (χ0) is 34.4. The standard InChI is InChI=1S/C14H10Cl2N6O.C13H10BrCl2N5O.CN.Cu/c1-22-12-11(10(5-17)21-22)19-14(20-13(12)23)18-6-7-2-3-8(15)9(16)4-7;1-21-10-9(11(14)20-21)18-13(19-12(10)22)17-5-6-2-3-7(15)8(16)4-6;1-2;/h2-4H,6H2,1H3,(H2,18,19,20,23);2-4H,5H2,1H3,(H2,17,18,19,22);;/q;;-1;+1. The molecule has 0 amide bonds. The molecule has 250 valence electrons. The first-order valence-corrected chi connectivity index (χ1v) is 15.3. The summed E-state index contributed by atoms with van der Waals surface area (Å²) in [5.74, 6) is 0.607. The average Bonchev–Trinajstić information content (AvgIpc) is 3.54. The van der Waals surface area contributed by atoms with Crippen LogP contribution in [-0.2, 0) is 44.3 Å². The molecule has 4 heterocycles. The first kappa shape index (κ1) is 38.3. The Balaban J connectivity index is 0.000000243. The number of halogens is 5. The van der Waals surface area contributed by atoms with E-state index in [0.717, 1.165) is 11.1 Å². The quantitative estimate of drug-likeness (QED) is 0.116. The van der Waals surface area contributed by atoms with Crippen LogP contribution in [0.1, 0.15) is 16.8 Å². The number of hydrogen-bond acceptors (Lipinski definition) is 10. The first-order chi connectivity index (χ1) is 22.4. The minimum atomic E-state index is -0.372. The van der Waals surface area contributed by atoms with E-state index in [1.165, 1.54) is 9.36 Å². The number of nitrogens with zero attached hydrogens (tertiary/aromatic N) is 8. The summed E-state index contributed by atoms with van der Waals surface area (Å²) in [6.45, 7) is 5.58. The molecule has 20 heteroatoms. The van der Waals surface area contributed by atoms with Crippen molar-refractivity contribution in [3.8, 4) is 6.07 Å². The second-order valence-electron chi connectivity index (χ2n) is 9.43. The van der Waals surface area contributed by atoms with Crippen molar-refractivity contribution in [1.82, 2.24) is 39.5 Å². The molecule has 0 aliphatic carbocycles. The molecule has 14 nitrogen and oxygen atoms in total. The molecule has 4 N–H and O–H groups in total. The Hall–Kier alpha value is -4.12. The van der Waals surface area contributed by atoms with Gasteiger partial charge in [-0.2, -0.15) is 15.5 Å². The van der Waals surface area contributed by atoms with Gasteiger partial charge in [0, 0.05) is 27.2 Å². The molecule has 0 radical (unpaired) electrons. The van der Waals surface area contributed by atoms with Crippen LogP contribution < -0.4 is 21.8 Å². The van der Waals surface area contributed by atoms with Crippen LogP contribution >= 0.6 is 62.3 Å². The summed E-state index contributed by atoms with van der Waals surface area (Å²) in [4.78, 5) is 38.1. The van der Waals surface area contributed by atoms with E-state index in [9.17, 15) is 9.59 Å². The van der Waals surface area contributed by atoms with Gasteiger partial charge in [-0.05, 0) is 51.3 Å². The Morgan fingerprint density at radius 1 is 0.792 bits per heavy atom. The minimum absolute atomic E-state index is 0. The van der Waals surface area contributed by atoms with Crippen LogP contribution in [0.4, 0.5) is 11.9 Å². The number of hydrogen-bond donors (Lipinski definition) is 4. The molecule has 0 saturated carbocycles. The first-order valence-electron chi connectivity index (χ1n) is 13.0. The van der Waals surface area contributed by atoms with Gasteiger partial charge in [-0.15, -0.1) is 0 Å². The van der Waals surface area contributed by atoms with Gasteiger partial charge in [0.1, 0.15) is 17.1 Å². The number of nitrogens with one attached hydrogen (secondary N) is 4. The van der Waals surface area contributed by atoms with Crippen LogP contribution in [0.15, 0.2) is 50.6 Å². The molecule has 6 rings (SSSR count). The van der Waals surface area contributed by atoms with Crippen molar-refractivity contribution in [2.45, 2.75) is 13.1 Å². The average molecular weight is 842 g/mol. The number of aromatic nitrogens is 8. The van der Waals surface area contributed by atoms with Crippen molar-refractivity contribution in [2.75, 3.05) is 10.6 Å². The molecule has 6 aromatic rings. The van der Waals surface area contributed by atoms with Gasteiger partial charge in [-0.25, -0.2) is 9.97 Å². The van der Waals surface area contributed by atoms with Crippen LogP contribution in [0.3, 0.4) is 0 Å². The Morgan fingerprint density at radius 3 is 1.69 bits per heavy atom. The van der Waals surface area contributed by atoms with Crippen molar-refractivity contribution < 1.29 is 17.1 Å². The van der Waals surface area contributed by atoms with Crippen LogP contribution in [0.5, 0.6) is 0 Å². The Bertz CT molecular complexity index is 2290. The molecule has 0 bridgehead atoms. The topological polar surface area (TPSA) is 199 Å². The number of rotatable bonds is 6. The fourth-order valence-electron chi connectivity index (χ4n) is 4.23. The van der Waals surface area contributed by atoms with Gasteiger partial charge < -0.3 is 22.5 Å². The van der Waals surface area contributed by atoms with E-state index in [1.54, 1.807) is 38.4 Å². The number of benzene rings is 2. The zero-order valence-electron chi connectivity index (χ0n) is 24.5. The van der Waals surface area contributed by atoms with Crippen molar-refractivity contribution in [1.29, 1.82) is 10.5 Å². The number of nitriles is 1. The molecular weight excluding hydrogens is 822 g/mol. The van der Waals surface area contributed by atoms with Crippen LogP contribution in [0, 0.1) is 23.2 Å². The molecule has 48 heavy (non-hydrogen) atoms. The third-order valence-electron chi connectivity index (χ3n) is 6.34. The van der Waals surface area contributed by atoms with Crippen LogP contribution in [-0.4, -0.2) is 39.5 Å². The van der Waals surface area contributed by atoms with E-state index in [1.807, 2.05) is 18.2 Å². The Morgan fingerprint density at radius 2 is 1.23 bits per heavy atom. The summed E-state index contributed by atoms with van der Waals surface area (Å²) in [5.41, 5.74) is 2.68. The number of anilines is 2. The molecular formula is C28H20BrCl4CuN12O2. The van der Waals surface area contributed by atoms with Crippen molar-refractivity contribution in [2.24, 2.45) is 14.1 Å². The molecule has 0 fully saturated rings. The molecule has 0 unspecified atom stereocenters. The number of aromatic amines is 2. The predicted octanol–water partition coefficient (Wildman–Crippen LogP) is 5.88. The van der Waals surface area contributed by atoms with Gasteiger partial charge in [0.25, 0.3) is 11.1 Å². The van der Waals surface area contributed by atoms with Crippen molar-refractivity contribution in [3.05, 3.63) is 105 Å². The zero-order valence-corrected chi connectivity index (χ0v) is 30.0.